The molecule has 1 amide bonds. The lowest BCUT2D eigenvalue weighted by Crippen LogP contribution is -2.48. The topological polar surface area (TPSA) is 84.6 Å². The van der Waals surface area contributed by atoms with Crippen molar-refractivity contribution in [3.63, 3.8) is 0 Å². The van der Waals surface area contributed by atoms with Gasteiger partial charge in [0.05, 0.1) is 31.5 Å². The summed E-state index contributed by atoms with van der Waals surface area (Å²) < 4.78 is 13.2. The molecule has 8 nitrogen and oxygen atoms in total. The maximum atomic E-state index is 13.4. The monoisotopic (exact) mass is 493 g/mol. The van der Waals surface area contributed by atoms with Gasteiger partial charge >= 0.3 is 0 Å². The number of carbonyl (C=O) groups is 1. The summed E-state index contributed by atoms with van der Waals surface area (Å²) in [5.74, 6) is 1.45. The number of ether oxygens (including phenoxy) is 1. The molecule has 4 heterocycles. The van der Waals surface area contributed by atoms with Gasteiger partial charge in [0.1, 0.15) is 5.76 Å². The molecular weight excluding hydrogens is 454 g/mol. The van der Waals surface area contributed by atoms with Crippen LogP contribution in [0, 0.1) is 19.8 Å². The third-order valence-electron chi connectivity index (χ3n) is 7.58. The van der Waals surface area contributed by atoms with Gasteiger partial charge in [0.15, 0.2) is 0 Å². The van der Waals surface area contributed by atoms with Gasteiger partial charge in [-0.1, -0.05) is 31.1 Å². The number of hydrogen-bond donors (Lipinski definition) is 2. The zero-order chi connectivity index (χ0) is 25.2. The molecule has 2 atom stereocenters. The maximum absolute atomic E-state index is 13.4. The first-order chi connectivity index (χ1) is 17.4. The molecule has 0 radical (unpaired) electrons. The van der Waals surface area contributed by atoms with Gasteiger partial charge in [-0.05, 0) is 49.8 Å². The average molecular weight is 494 g/mol. The van der Waals surface area contributed by atoms with Crippen LogP contribution in [0.5, 0.6) is 0 Å². The molecule has 2 aliphatic rings. The molecular formula is C28H39N5O3. The number of rotatable bonds is 8. The van der Waals surface area contributed by atoms with E-state index in [2.05, 4.69) is 63.5 Å². The minimum absolute atomic E-state index is 0.0800. The molecule has 8 heteroatoms. The highest BCUT2D eigenvalue weighted by molar-refractivity contribution is 5.90. The molecule has 0 unspecified atom stereocenters. The van der Waals surface area contributed by atoms with Crippen molar-refractivity contribution in [3.05, 3.63) is 52.5 Å². The molecule has 0 saturated carbocycles. The Labute approximate surface area is 213 Å². The van der Waals surface area contributed by atoms with Gasteiger partial charge in [-0.2, -0.15) is 0 Å². The zero-order valence-electron chi connectivity index (χ0n) is 22.0. The molecule has 1 saturated heterocycles. The van der Waals surface area contributed by atoms with Crippen LogP contribution >= 0.6 is 0 Å². The average Bonchev–Trinajstić information content (AvgIpc) is 3.32. The number of aromatic nitrogens is 2. The van der Waals surface area contributed by atoms with Crippen molar-refractivity contribution in [2.75, 3.05) is 39.4 Å². The molecule has 194 valence electrons. The lowest BCUT2D eigenvalue weighted by Gasteiger charge is -2.28. The van der Waals surface area contributed by atoms with E-state index in [1.54, 1.807) is 0 Å². The van der Waals surface area contributed by atoms with Crippen LogP contribution in [-0.4, -0.2) is 66.0 Å². The summed E-state index contributed by atoms with van der Waals surface area (Å²) in [4.78, 5) is 15.7. The summed E-state index contributed by atoms with van der Waals surface area (Å²) in [5, 5.41) is 12.4. The van der Waals surface area contributed by atoms with Crippen molar-refractivity contribution in [2.45, 2.75) is 59.2 Å². The Hall–Kier alpha value is -2.68. The number of benzene rings is 1. The van der Waals surface area contributed by atoms with Crippen LogP contribution < -0.4 is 10.6 Å². The standard InChI is InChI=1S/C28H39N5O3/c1-18(2)14-24-22-6-5-7-26-27(22)21(16-33(26)17-23-19(3)31-36-20(23)4)15-25(30-24)28(34)29-8-9-32-10-12-35-13-11-32/h5-7,16,18,24-25,30H,8-15,17H2,1-4H3,(H,29,34)/t24-,25-/m0/s1. The summed E-state index contributed by atoms with van der Waals surface area (Å²) in [5.41, 5.74) is 5.76. The number of amides is 1. The van der Waals surface area contributed by atoms with Crippen LogP contribution in [0.25, 0.3) is 10.9 Å². The van der Waals surface area contributed by atoms with Crippen LogP contribution in [0.3, 0.4) is 0 Å². The van der Waals surface area contributed by atoms with E-state index in [0.717, 1.165) is 56.3 Å². The summed E-state index contributed by atoms with van der Waals surface area (Å²) >= 11 is 0. The predicted molar refractivity (Wildman–Crippen MR) is 140 cm³/mol. The van der Waals surface area contributed by atoms with E-state index >= 15 is 0 Å². The van der Waals surface area contributed by atoms with Crippen LogP contribution in [0.2, 0.25) is 0 Å². The van der Waals surface area contributed by atoms with Gasteiger partial charge in [0, 0.05) is 54.9 Å². The Bertz CT molecular complexity index is 1190. The normalized spacial score (nSPS) is 20.7. The second-order valence-corrected chi connectivity index (χ2v) is 10.7. The Kier molecular flexibility index (Phi) is 7.46. The largest absolute Gasteiger partial charge is 0.379 e. The molecule has 0 bridgehead atoms. The van der Waals surface area contributed by atoms with Gasteiger partial charge in [-0.15, -0.1) is 0 Å². The third kappa shape index (κ3) is 5.21. The van der Waals surface area contributed by atoms with Crippen molar-refractivity contribution in [3.8, 4) is 0 Å². The zero-order valence-corrected chi connectivity index (χ0v) is 22.0. The lowest BCUT2D eigenvalue weighted by molar-refractivity contribution is -0.123. The van der Waals surface area contributed by atoms with E-state index < -0.39 is 0 Å². The fraction of sp³-hybridized carbons (Fsp3) is 0.571. The van der Waals surface area contributed by atoms with Gasteiger partial charge in [0.2, 0.25) is 5.91 Å². The van der Waals surface area contributed by atoms with E-state index in [-0.39, 0.29) is 18.0 Å². The van der Waals surface area contributed by atoms with Crippen LogP contribution in [0.4, 0.5) is 0 Å². The Morgan fingerprint density at radius 3 is 2.78 bits per heavy atom. The Morgan fingerprint density at radius 1 is 1.25 bits per heavy atom. The van der Waals surface area contributed by atoms with E-state index in [9.17, 15) is 4.79 Å². The fourth-order valence-electron chi connectivity index (χ4n) is 5.67. The van der Waals surface area contributed by atoms with Crippen molar-refractivity contribution in [1.29, 1.82) is 0 Å². The molecule has 0 aliphatic carbocycles. The maximum Gasteiger partial charge on any atom is 0.237 e. The van der Waals surface area contributed by atoms with Crippen LogP contribution in [0.1, 0.15) is 54.5 Å². The van der Waals surface area contributed by atoms with E-state index in [1.807, 2.05) is 13.8 Å². The minimum atomic E-state index is -0.274. The minimum Gasteiger partial charge on any atom is -0.379 e. The lowest BCUT2D eigenvalue weighted by atomic mass is 9.94. The quantitative estimate of drug-likeness (QED) is 0.501. The fourth-order valence-corrected chi connectivity index (χ4v) is 5.67. The molecule has 3 aromatic rings. The first kappa shape index (κ1) is 25.0. The van der Waals surface area contributed by atoms with Gasteiger partial charge in [0.25, 0.3) is 0 Å². The summed E-state index contributed by atoms with van der Waals surface area (Å²) in [7, 11) is 0. The highest BCUT2D eigenvalue weighted by atomic mass is 16.5. The van der Waals surface area contributed by atoms with Crippen LogP contribution in [0.15, 0.2) is 28.9 Å². The van der Waals surface area contributed by atoms with Crippen LogP contribution in [-0.2, 0) is 22.5 Å². The number of aryl methyl sites for hydroxylation is 2. The summed E-state index contributed by atoms with van der Waals surface area (Å²) in [6.07, 6.45) is 3.87. The number of hydrogen-bond acceptors (Lipinski definition) is 6. The SMILES string of the molecule is Cc1noc(C)c1Cn1cc2c3c(cccc31)[C@H](CC(C)C)N[C@H](C(=O)NCCN1CCOCC1)C2. The Morgan fingerprint density at radius 2 is 2.06 bits per heavy atom. The van der Waals surface area contributed by atoms with Gasteiger partial charge in [-0.25, -0.2) is 0 Å². The second-order valence-electron chi connectivity index (χ2n) is 10.7. The summed E-state index contributed by atoms with van der Waals surface area (Å²) in [6.45, 7) is 14.1. The molecule has 1 fully saturated rings. The van der Waals surface area contributed by atoms with Crippen molar-refractivity contribution in [1.82, 2.24) is 25.3 Å². The van der Waals surface area contributed by atoms with Gasteiger partial charge < -0.3 is 19.1 Å². The smallest absolute Gasteiger partial charge is 0.237 e. The highest BCUT2D eigenvalue weighted by Gasteiger charge is 2.31. The van der Waals surface area contributed by atoms with Crippen molar-refractivity contribution in [2.24, 2.45) is 5.92 Å². The first-order valence-electron chi connectivity index (χ1n) is 13.3. The van der Waals surface area contributed by atoms with Crippen molar-refractivity contribution >= 4 is 16.8 Å². The van der Waals surface area contributed by atoms with E-state index in [1.165, 1.54) is 22.0 Å². The Balaban J connectivity index is 1.41. The molecule has 36 heavy (non-hydrogen) atoms. The molecule has 0 spiro atoms. The number of nitrogens with zero attached hydrogens (tertiary/aromatic N) is 3. The van der Waals surface area contributed by atoms with Gasteiger partial charge in [-0.3, -0.25) is 15.0 Å². The summed E-state index contributed by atoms with van der Waals surface area (Å²) in [6, 6.07) is 6.41. The number of morpholine rings is 1. The van der Waals surface area contributed by atoms with E-state index in [4.69, 9.17) is 9.26 Å². The first-order valence-corrected chi connectivity index (χ1v) is 13.3. The van der Waals surface area contributed by atoms with Crippen molar-refractivity contribution < 1.29 is 14.1 Å². The molecule has 2 N–H and O–H groups in total. The number of carbonyl (C=O) groups excluding carboxylic acids is 1. The molecule has 5 rings (SSSR count). The highest BCUT2D eigenvalue weighted by Crippen LogP contribution is 2.36. The number of nitrogens with one attached hydrogen (secondary N) is 2. The predicted octanol–water partition coefficient (Wildman–Crippen LogP) is 3.34. The molecule has 1 aromatic carbocycles. The molecule has 2 aromatic heterocycles. The van der Waals surface area contributed by atoms with E-state index in [0.29, 0.717) is 25.4 Å². The third-order valence-corrected chi connectivity index (χ3v) is 7.58. The second kappa shape index (κ2) is 10.7. The molecule has 2 aliphatic heterocycles.